The Morgan fingerprint density at radius 3 is 2.42 bits per heavy atom. The third-order valence-corrected chi connectivity index (χ3v) is 5.45. The van der Waals surface area contributed by atoms with Crippen molar-refractivity contribution in [3.8, 4) is 0 Å². The van der Waals surface area contributed by atoms with Crippen molar-refractivity contribution in [2.45, 2.75) is 70.4 Å². The second-order valence-corrected chi connectivity index (χ2v) is 7.79. The van der Waals surface area contributed by atoms with E-state index in [1.165, 1.54) is 32.1 Å². The lowest BCUT2D eigenvalue weighted by atomic mass is 9.68. The number of hydrogen-bond donors (Lipinski definition) is 2. The molecule has 2 rings (SSSR count). The normalized spacial score (nSPS) is 33.8. The minimum atomic E-state index is -0.428. The van der Waals surface area contributed by atoms with Crippen molar-refractivity contribution < 1.29 is 5.11 Å². The van der Waals surface area contributed by atoms with Crippen LogP contribution in [0, 0.1) is 11.3 Å². The van der Waals surface area contributed by atoms with Crippen LogP contribution in [0.1, 0.15) is 58.8 Å². The SMILES string of the molecule is CN(CC1CCCC(C)(C)C1N)CC1(O)CCCC1. The van der Waals surface area contributed by atoms with Gasteiger partial charge in [0.15, 0.2) is 0 Å². The van der Waals surface area contributed by atoms with Gasteiger partial charge in [-0.25, -0.2) is 0 Å². The molecule has 2 unspecified atom stereocenters. The highest BCUT2D eigenvalue weighted by atomic mass is 16.3. The van der Waals surface area contributed by atoms with Gasteiger partial charge < -0.3 is 15.7 Å². The van der Waals surface area contributed by atoms with Crippen LogP contribution in [0.2, 0.25) is 0 Å². The Bertz CT molecular complexity index is 297. The van der Waals surface area contributed by atoms with Crippen molar-refractivity contribution in [1.82, 2.24) is 4.90 Å². The van der Waals surface area contributed by atoms with Crippen molar-refractivity contribution in [3.05, 3.63) is 0 Å². The Hall–Kier alpha value is -0.120. The van der Waals surface area contributed by atoms with Crippen molar-refractivity contribution in [3.63, 3.8) is 0 Å². The first-order valence-electron chi connectivity index (χ1n) is 7.99. The van der Waals surface area contributed by atoms with Crippen LogP contribution in [0.15, 0.2) is 0 Å². The van der Waals surface area contributed by atoms with Crippen molar-refractivity contribution in [2.24, 2.45) is 17.1 Å². The Kier molecular flexibility index (Phi) is 4.59. The molecule has 2 aliphatic carbocycles. The smallest absolute Gasteiger partial charge is 0.0774 e. The largest absolute Gasteiger partial charge is 0.389 e. The number of likely N-dealkylation sites (N-methyl/N-ethyl adjacent to an activating group) is 1. The van der Waals surface area contributed by atoms with E-state index in [9.17, 15) is 5.11 Å². The molecule has 112 valence electrons. The van der Waals surface area contributed by atoms with Crippen LogP contribution in [0.4, 0.5) is 0 Å². The lowest BCUT2D eigenvalue weighted by Crippen LogP contribution is -2.51. The van der Waals surface area contributed by atoms with Crippen LogP contribution in [0.5, 0.6) is 0 Å². The van der Waals surface area contributed by atoms with Crippen LogP contribution in [0.3, 0.4) is 0 Å². The fourth-order valence-electron chi connectivity index (χ4n) is 4.17. The van der Waals surface area contributed by atoms with Gasteiger partial charge in [0.05, 0.1) is 5.60 Å². The van der Waals surface area contributed by atoms with E-state index in [1.54, 1.807) is 0 Å². The summed E-state index contributed by atoms with van der Waals surface area (Å²) in [6.45, 7) is 6.45. The molecule has 2 atom stereocenters. The van der Waals surface area contributed by atoms with E-state index in [4.69, 9.17) is 5.73 Å². The molecule has 0 spiro atoms. The second kappa shape index (κ2) is 5.71. The topological polar surface area (TPSA) is 49.5 Å². The van der Waals surface area contributed by atoms with Gasteiger partial charge in [0.25, 0.3) is 0 Å². The third-order valence-electron chi connectivity index (χ3n) is 5.45. The zero-order chi connectivity index (χ0) is 14.1. The van der Waals surface area contributed by atoms with Crippen LogP contribution in [-0.2, 0) is 0 Å². The van der Waals surface area contributed by atoms with Gasteiger partial charge in [-0.2, -0.15) is 0 Å². The number of hydrogen-bond acceptors (Lipinski definition) is 3. The molecule has 3 heteroatoms. The number of aliphatic hydroxyl groups is 1. The first-order chi connectivity index (χ1) is 8.82. The van der Waals surface area contributed by atoms with Gasteiger partial charge in [0, 0.05) is 19.1 Å². The molecule has 0 saturated heterocycles. The maximum atomic E-state index is 10.5. The zero-order valence-corrected chi connectivity index (χ0v) is 13.0. The van der Waals surface area contributed by atoms with E-state index in [0.717, 1.165) is 25.9 Å². The van der Waals surface area contributed by atoms with E-state index < -0.39 is 5.60 Å². The molecule has 2 saturated carbocycles. The van der Waals surface area contributed by atoms with Gasteiger partial charge in [-0.15, -0.1) is 0 Å². The van der Waals surface area contributed by atoms with Crippen molar-refractivity contribution >= 4 is 0 Å². The summed E-state index contributed by atoms with van der Waals surface area (Å²) < 4.78 is 0. The zero-order valence-electron chi connectivity index (χ0n) is 13.0. The van der Waals surface area contributed by atoms with Gasteiger partial charge in [0.1, 0.15) is 0 Å². The Morgan fingerprint density at radius 1 is 1.16 bits per heavy atom. The lowest BCUT2D eigenvalue weighted by molar-refractivity contribution is 0.00634. The molecule has 0 aliphatic heterocycles. The molecule has 2 aliphatic rings. The molecule has 0 aromatic heterocycles. The molecular formula is C16H32N2O. The molecule has 0 heterocycles. The lowest BCUT2D eigenvalue weighted by Gasteiger charge is -2.43. The van der Waals surface area contributed by atoms with Crippen molar-refractivity contribution in [2.75, 3.05) is 20.1 Å². The number of nitrogens with two attached hydrogens (primary N) is 1. The molecule has 0 amide bonds. The van der Waals surface area contributed by atoms with E-state index >= 15 is 0 Å². The molecular weight excluding hydrogens is 236 g/mol. The van der Waals surface area contributed by atoms with Gasteiger partial charge in [-0.3, -0.25) is 0 Å². The predicted octanol–water partition coefficient (Wildman–Crippen LogP) is 2.38. The molecule has 0 bridgehead atoms. The monoisotopic (exact) mass is 268 g/mol. The molecule has 0 aromatic rings. The van der Waals surface area contributed by atoms with E-state index in [1.807, 2.05) is 0 Å². The minimum absolute atomic E-state index is 0.272. The summed E-state index contributed by atoms with van der Waals surface area (Å²) in [7, 11) is 2.14. The highest BCUT2D eigenvalue weighted by Gasteiger charge is 2.38. The summed E-state index contributed by atoms with van der Waals surface area (Å²) >= 11 is 0. The van der Waals surface area contributed by atoms with Crippen LogP contribution in [0.25, 0.3) is 0 Å². The average molecular weight is 268 g/mol. The Labute approximate surface area is 118 Å². The summed E-state index contributed by atoms with van der Waals surface area (Å²) in [5, 5.41) is 10.5. The van der Waals surface area contributed by atoms with Gasteiger partial charge in [-0.05, 0) is 44.1 Å². The fourth-order valence-corrected chi connectivity index (χ4v) is 4.17. The van der Waals surface area contributed by atoms with Gasteiger partial charge >= 0.3 is 0 Å². The molecule has 0 radical (unpaired) electrons. The molecule has 3 N–H and O–H groups in total. The molecule has 0 aromatic carbocycles. The van der Waals surface area contributed by atoms with Crippen molar-refractivity contribution in [1.29, 1.82) is 0 Å². The number of rotatable bonds is 4. The molecule has 3 nitrogen and oxygen atoms in total. The highest BCUT2D eigenvalue weighted by Crippen LogP contribution is 2.38. The fraction of sp³-hybridized carbons (Fsp3) is 1.00. The highest BCUT2D eigenvalue weighted by molar-refractivity contribution is 4.93. The maximum absolute atomic E-state index is 10.5. The summed E-state index contributed by atoms with van der Waals surface area (Å²) in [4.78, 5) is 2.32. The van der Waals surface area contributed by atoms with E-state index in [-0.39, 0.29) is 5.41 Å². The van der Waals surface area contributed by atoms with Crippen LogP contribution >= 0.6 is 0 Å². The quantitative estimate of drug-likeness (QED) is 0.823. The Balaban J connectivity index is 1.86. The third kappa shape index (κ3) is 3.71. The predicted molar refractivity (Wildman–Crippen MR) is 80.0 cm³/mol. The van der Waals surface area contributed by atoms with E-state index in [0.29, 0.717) is 12.0 Å². The molecule has 2 fully saturated rings. The van der Waals surface area contributed by atoms with Crippen LogP contribution in [-0.4, -0.2) is 41.8 Å². The second-order valence-electron chi connectivity index (χ2n) is 7.79. The number of nitrogens with zero attached hydrogens (tertiary/aromatic N) is 1. The molecule has 19 heavy (non-hydrogen) atoms. The van der Waals surface area contributed by atoms with E-state index in [2.05, 4.69) is 25.8 Å². The summed E-state index contributed by atoms with van der Waals surface area (Å²) in [5.41, 5.74) is 6.30. The first kappa shape index (κ1) is 15.3. The van der Waals surface area contributed by atoms with Gasteiger partial charge in [0.2, 0.25) is 0 Å². The summed E-state index contributed by atoms with van der Waals surface area (Å²) in [6, 6.07) is 0.293. The standard InChI is InChI=1S/C16H32N2O/c1-15(2)8-6-7-13(14(15)17)11-18(3)12-16(19)9-4-5-10-16/h13-14,19H,4-12,17H2,1-3H3. The first-order valence-corrected chi connectivity index (χ1v) is 7.99. The summed E-state index contributed by atoms with van der Waals surface area (Å²) in [5.74, 6) is 0.582. The minimum Gasteiger partial charge on any atom is -0.389 e. The van der Waals surface area contributed by atoms with Gasteiger partial charge in [-0.1, -0.05) is 33.1 Å². The maximum Gasteiger partial charge on any atom is 0.0774 e. The Morgan fingerprint density at radius 2 is 1.79 bits per heavy atom. The van der Waals surface area contributed by atoms with Crippen LogP contribution < -0.4 is 5.73 Å². The summed E-state index contributed by atoms with van der Waals surface area (Å²) in [6.07, 6.45) is 8.09. The average Bonchev–Trinajstić information content (AvgIpc) is 2.71.